The molecule has 29 heavy (non-hydrogen) atoms. The fourth-order valence-corrected chi connectivity index (χ4v) is 2.65. The van der Waals surface area contributed by atoms with E-state index in [1.165, 1.54) is 6.92 Å². The summed E-state index contributed by atoms with van der Waals surface area (Å²) in [6.07, 6.45) is 0. The number of carbonyl (C=O) groups is 2. The van der Waals surface area contributed by atoms with Crippen LogP contribution in [0.4, 0.5) is 17.1 Å². The number of hydrogen-bond acceptors (Lipinski definition) is 4. The minimum atomic E-state index is -0.439. The number of rotatable bonds is 7. The number of amides is 2. The van der Waals surface area contributed by atoms with Gasteiger partial charge in [-0.1, -0.05) is 18.2 Å². The fraction of sp³-hybridized carbons (Fsp3) is 0.130. The number of para-hydroxylation sites is 1. The molecule has 0 radical (unpaired) electrons. The average Bonchev–Trinajstić information content (AvgIpc) is 2.71. The van der Waals surface area contributed by atoms with Gasteiger partial charge in [-0.2, -0.15) is 0 Å². The summed E-state index contributed by atoms with van der Waals surface area (Å²) >= 11 is 0. The third-order valence-electron chi connectivity index (χ3n) is 4.08. The second-order valence-electron chi connectivity index (χ2n) is 6.55. The molecule has 0 heterocycles. The van der Waals surface area contributed by atoms with Gasteiger partial charge >= 0.3 is 0 Å². The van der Waals surface area contributed by atoms with E-state index in [0.29, 0.717) is 11.4 Å². The number of ether oxygens (including phenoxy) is 1. The fourth-order valence-electron chi connectivity index (χ4n) is 2.65. The molecule has 0 aromatic heterocycles. The number of benzene rings is 3. The first-order chi connectivity index (χ1) is 14.0. The number of carbonyl (C=O) groups excluding carboxylic acids is 2. The molecule has 2 amide bonds. The first-order valence-electron chi connectivity index (χ1n) is 9.27. The van der Waals surface area contributed by atoms with Crippen LogP contribution in [-0.2, 0) is 9.59 Å². The van der Waals surface area contributed by atoms with Crippen molar-refractivity contribution in [1.82, 2.24) is 0 Å². The van der Waals surface area contributed by atoms with Crippen molar-refractivity contribution in [3.05, 3.63) is 78.9 Å². The standard InChI is InChI=1S/C23H23N3O3/c1-16(23(28)26-20-10-8-19(9-11-20)25-17(2)27)24-18-12-14-22(15-13-18)29-21-6-4-3-5-7-21/h3-16,24H,1-2H3,(H,25,27)(H,26,28)/t16-/m1/s1. The van der Waals surface area contributed by atoms with E-state index in [-0.39, 0.29) is 11.8 Å². The highest BCUT2D eigenvalue weighted by Crippen LogP contribution is 2.23. The molecule has 0 saturated heterocycles. The summed E-state index contributed by atoms with van der Waals surface area (Å²) < 4.78 is 5.77. The van der Waals surface area contributed by atoms with Crippen LogP contribution in [0.2, 0.25) is 0 Å². The number of hydrogen-bond donors (Lipinski definition) is 3. The maximum Gasteiger partial charge on any atom is 0.246 e. The van der Waals surface area contributed by atoms with Crippen molar-refractivity contribution < 1.29 is 14.3 Å². The van der Waals surface area contributed by atoms with Gasteiger partial charge < -0.3 is 20.7 Å². The highest BCUT2D eigenvalue weighted by molar-refractivity contribution is 5.96. The molecule has 3 rings (SSSR count). The van der Waals surface area contributed by atoms with Crippen molar-refractivity contribution in [2.45, 2.75) is 19.9 Å². The third kappa shape index (κ3) is 6.10. The molecule has 0 aliphatic heterocycles. The Morgan fingerprint density at radius 2 is 1.24 bits per heavy atom. The molecule has 3 N–H and O–H groups in total. The van der Waals surface area contributed by atoms with Crippen LogP contribution in [0.1, 0.15) is 13.8 Å². The topological polar surface area (TPSA) is 79.5 Å². The van der Waals surface area contributed by atoms with Crippen molar-refractivity contribution in [2.75, 3.05) is 16.0 Å². The summed E-state index contributed by atoms with van der Waals surface area (Å²) in [4.78, 5) is 23.5. The van der Waals surface area contributed by atoms with E-state index in [4.69, 9.17) is 4.74 Å². The Morgan fingerprint density at radius 3 is 1.83 bits per heavy atom. The van der Waals surface area contributed by atoms with Crippen LogP contribution in [0.5, 0.6) is 11.5 Å². The summed E-state index contributed by atoms with van der Waals surface area (Å²) in [5.74, 6) is 1.19. The molecular formula is C23H23N3O3. The number of anilines is 3. The van der Waals surface area contributed by atoms with Crippen molar-refractivity contribution in [3.8, 4) is 11.5 Å². The highest BCUT2D eigenvalue weighted by atomic mass is 16.5. The van der Waals surface area contributed by atoms with E-state index < -0.39 is 6.04 Å². The Kier molecular flexibility index (Phi) is 6.47. The second-order valence-corrected chi connectivity index (χ2v) is 6.55. The summed E-state index contributed by atoms with van der Waals surface area (Å²) in [5, 5.41) is 8.70. The first-order valence-corrected chi connectivity index (χ1v) is 9.27. The van der Waals surface area contributed by atoms with Crippen LogP contribution in [0.3, 0.4) is 0 Å². The van der Waals surface area contributed by atoms with Crippen LogP contribution in [0.15, 0.2) is 78.9 Å². The second kappa shape index (κ2) is 9.41. The SMILES string of the molecule is CC(=O)Nc1ccc(NC(=O)[C@@H](C)Nc2ccc(Oc3ccccc3)cc2)cc1. The highest BCUT2D eigenvalue weighted by Gasteiger charge is 2.13. The zero-order chi connectivity index (χ0) is 20.6. The Labute approximate surface area is 169 Å². The average molecular weight is 389 g/mol. The molecule has 1 atom stereocenters. The first kappa shape index (κ1) is 19.9. The van der Waals surface area contributed by atoms with Crippen molar-refractivity contribution >= 4 is 28.9 Å². The molecule has 0 bridgehead atoms. The molecule has 0 spiro atoms. The maximum absolute atomic E-state index is 12.4. The van der Waals surface area contributed by atoms with Gasteiger partial charge in [-0.3, -0.25) is 9.59 Å². The van der Waals surface area contributed by atoms with Gasteiger partial charge in [0.1, 0.15) is 17.5 Å². The summed E-state index contributed by atoms with van der Waals surface area (Å²) in [7, 11) is 0. The molecule has 6 nitrogen and oxygen atoms in total. The predicted octanol–water partition coefficient (Wildman–Crippen LogP) is 4.88. The quantitative estimate of drug-likeness (QED) is 0.538. The molecular weight excluding hydrogens is 366 g/mol. The molecule has 0 aliphatic carbocycles. The van der Waals surface area contributed by atoms with Gasteiger partial charge in [0.05, 0.1) is 0 Å². The zero-order valence-electron chi connectivity index (χ0n) is 16.3. The Hall–Kier alpha value is -3.80. The normalized spacial score (nSPS) is 11.2. The molecule has 0 saturated carbocycles. The van der Waals surface area contributed by atoms with E-state index in [1.807, 2.05) is 54.6 Å². The third-order valence-corrected chi connectivity index (χ3v) is 4.08. The van der Waals surface area contributed by atoms with Crippen LogP contribution in [-0.4, -0.2) is 17.9 Å². The van der Waals surface area contributed by atoms with Gasteiger partial charge in [0.15, 0.2) is 0 Å². The van der Waals surface area contributed by atoms with Gasteiger partial charge in [0, 0.05) is 24.0 Å². The molecule has 0 unspecified atom stereocenters. The lowest BCUT2D eigenvalue weighted by atomic mass is 10.2. The van der Waals surface area contributed by atoms with Crippen molar-refractivity contribution in [1.29, 1.82) is 0 Å². The predicted molar refractivity (Wildman–Crippen MR) is 115 cm³/mol. The van der Waals surface area contributed by atoms with E-state index in [9.17, 15) is 9.59 Å². The molecule has 3 aromatic rings. The van der Waals surface area contributed by atoms with Crippen LogP contribution >= 0.6 is 0 Å². The Morgan fingerprint density at radius 1 is 0.724 bits per heavy atom. The van der Waals surface area contributed by atoms with Gasteiger partial charge in [-0.25, -0.2) is 0 Å². The van der Waals surface area contributed by atoms with Crippen LogP contribution in [0.25, 0.3) is 0 Å². The Balaban J connectivity index is 1.53. The lowest BCUT2D eigenvalue weighted by Crippen LogP contribution is -2.31. The smallest absolute Gasteiger partial charge is 0.246 e. The van der Waals surface area contributed by atoms with E-state index in [0.717, 1.165) is 17.2 Å². The largest absolute Gasteiger partial charge is 0.457 e. The van der Waals surface area contributed by atoms with E-state index >= 15 is 0 Å². The van der Waals surface area contributed by atoms with Gasteiger partial charge in [-0.05, 0) is 67.6 Å². The molecule has 3 aromatic carbocycles. The minimum Gasteiger partial charge on any atom is -0.457 e. The molecule has 0 fully saturated rings. The van der Waals surface area contributed by atoms with Gasteiger partial charge in [-0.15, -0.1) is 0 Å². The molecule has 0 aliphatic rings. The van der Waals surface area contributed by atoms with Gasteiger partial charge in [0.25, 0.3) is 0 Å². The Bertz CT molecular complexity index is 955. The van der Waals surface area contributed by atoms with E-state index in [2.05, 4.69) is 16.0 Å². The molecule has 6 heteroatoms. The van der Waals surface area contributed by atoms with Crippen LogP contribution < -0.4 is 20.7 Å². The lowest BCUT2D eigenvalue weighted by molar-refractivity contribution is -0.116. The summed E-state index contributed by atoms with van der Waals surface area (Å²) in [5.41, 5.74) is 2.15. The summed E-state index contributed by atoms with van der Waals surface area (Å²) in [6.45, 7) is 3.23. The van der Waals surface area contributed by atoms with Crippen LogP contribution in [0, 0.1) is 0 Å². The van der Waals surface area contributed by atoms with Gasteiger partial charge in [0.2, 0.25) is 11.8 Å². The lowest BCUT2D eigenvalue weighted by Gasteiger charge is -2.16. The van der Waals surface area contributed by atoms with Crippen molar-refractivity contribution in [3.63, 3.8) is 0 Å². The summed E-state index contributed by atoms with van der Waals surface area (Å²) in [6, 6.07) is 23.5. The maximum atomic E-state index is 12.4. The molecule has 148 valence electrons. The van der Waals surface area contributed by atoms with E-state index in [1.54, 1.807) is 31.2 Å². The minimum absolute atomic E-state index is 0.139. The monoisotopic (exact) mass is 389 g/mol. The number of nitrogens with one attached hydrogen (secondary N) is 3. The van der Waals surface area contributed by atoms with Crippen molar-refractivity contribution in [2.24, 2.45) is 0 Å². The zero-order valence-corrected chi connectivity index (χ0v) is 16.3.